The zero-order chi connectivity index (χ0) is 30.6. The molecule has 0 aliphatic carbocycles. The third-order valence-corrected chi connectivity index (χ3v) is 7.83. The molecule has 0 heteroatoms. The van der Waals surface area contributed by atoms with Crippen molar-refractivity contribution >= 4 is 0 Å². The molecule has 0 unspecified atom stereocenters. The lowest BCUT2D eigenvalue weighted by Gasteiger charge is -2.15. The highest BCUT2D eigenvalue weighted by atomic mass is 14.1. The number of rotatable bonds is 8. The Balaban J connectivity index is 0.000000467. The van der Waals surface area contributed by atoms with Crippen molar-refractivity contribution in [2.24, 2.45) is 0 Å². The van der Waals surface area contributed by atoms with Crippen molar-refractivity contribution in [1.29, 1.82) is 0 Å². The van der Waals surface area contributed by atoms with Crippen LogP contribution < -0.4 is 0 Å². The summed E-state index contributed by atoms with van der Waals surface area (Å²) >= 11 is 0. The molecule has 0 radical (unpaired) electrons. The zero-order valence-corrected chi connectivity index (χ0v) is 26.8. The molecule has 0 nitrogen and oxygen atoms in total. The highest BCUT2D eigenvalue weighted by Crippen LogP contribution is 2.31. The van der Waals surface area contributed by atoms with Crippen molar-refractivity contribution < 1.29 is 0 Å². The van der Waals surface area contributed by atoms with E-state index in [9.17, 15) is 0 Å². The summed E-state index contributed by atoms with van der Waals surface area (Å²) < 4.78 is 0. The number of hydrogen-bond acceptors (Lipinski definition) is 0. The molecule has 0 aliphatic rings. The average molecular weight is 563 g/mol. The Morgan fingerprint density at radius 2 is 1.12 bits per heavy atom. The van der Waals surface area contributed by atoms with Gasteiger partial charge in [0.05, 0.1) is 0 Å². The topological polar surface area (TPSA) is 0 Å². The van der Waals surface area contributed by atoms with Crippen molar-refractivity contribution in [2.45, 2.75) is 60.8 Å². The normalized spacial score (nSPS) is 11.3. The van der Waals surface area contributed by atoms with E-state index in [4.69, 9.17) is 0 Å². The molecule has 0 N–H and O–H groups in total. The highest BCUT2D eigenvalue weighted by Gasteiger charge is 2.11. The first-order valence-corrected chi connectivity index (χ1v) is 15.5. The predicted molar refractivity (Wildman–Crippen MR) is 189 cm³/mol. The van der Waals surface area contributed by atoms with Crippen LogP contribution in [0.2, 0.25) is 0 Å². The zero-order valence-electron chi connectivity index (χ0n) is 26.8. The van der Waals surface area contributed by atoms with Crippen molar-refractivity contribution in [3.63, 3.8) is 0 Å². The van der Waals surface area contributed by atoms with E-state index in [2.05, 4.69) is 168 Å². The van der Waals surface area contributed by atoms with Crippen LogP contribution in [0, 0.1) is 20.8 Å². The quantitative estimate of drug-likeness (QED) is 0.165. The lowest BCUT2D eigenvalue weighted by atomic mass is 9.89. The molecule has 0 saturated heterocycles. The molecular formula is C43H46. The van der Waals surface area contributed by atoms with Gasteiger partial charge in [0.1, 0.15) is 0 Å². The van der Waals surface area contributed by atoms with Crippen LogP contribution >= 0.6 is 0 Å². The van der Waals surface area contributed by atoms with E-state index in [0.717, 1.165) is 19.3 Å². The van der Waals surface area contributed by atoms with Crippen LogP contribution in [-0.2, 0) is 12.8 Å². The van der Waals surface area contributed by atoms with E-state index in [1.807, 2.05) is 6.92 Å². The van der Waals surface area contributed by atoms with Gasteiger partial charge in [-0.25, -0.2) is 0 Å². The maximum absolute atomic E-state index is 2.40. The Bertz CT molecular complexity index is 1640. The molecular weight excluding hydrogens is 516 g/mol. The second-order valence-electron chi connectivity index (χ2n) is 11.6. The van der Waals surface area contributed by atoms with Gasteiger partial charge in [-0.15, -0.1) is 0 Å². The van der Waals surface area contributed by atoms with Gasteiger partial charge in [0.2, 0.25) is 0 Å². The molecule has 0 heterocycles. The first kappa shape index (κ1) is 31.5. The van der Waals surface area contributed by atoms with E-state index in [1.165, 1.54) is 66.8 Å². The first-order chi connectivity index (χ1) is 20.9. The van der Waals surface area contributed by atoms with Crippen molar-refractivity contribution in [3.05, 3.63) is 178 Å². The predicted octanol–water partition coefficient (Wildman–Crippen LogP) is 12.0. The molecule has 5 rings (SSSR count). The molecule has 0 saturated carbocycles. The van der Waals surface area contributed by atoms with E-state index < -0.39 is 0 Å². The van der Waals surface area contributed by atoms with E-state index in [1.54, 1.807) is 0 Å². The Morgan fingerprint density at radius 3 is 1.72 bits per heavy atom. The summed E-state index contributed by atoms with van der Waals surface area (Å²) in [5.74, 6) is 0. The van der Waals surface area contributed by atoms with Crippen LogP contribution in [0.3, 0.4) is 0 Å². The molecule has 5 aromatic carbocycles. The SMILES string of the molecule is C/C=C\C(C)=C/CC.Cc1ccc(Cc2ccc(Cc3ccc(-c4ccc(C)cc4)cc3)cc2-c2ccccc2C)cc1. The monoisotopic (exact) mass is 562 g/mol. The minimum absolute atomic E-state index is 0.928. The van der Waals surface area contributed by atoms with Crippen LogP contribution in [0.4, 0.5) is 0 Å². The van der Waals surface area contributed by atoms with Crippen LogP contribution in [0.25, 0.3) is 22.3 Å². The lowest BCUT2D eigenvalue weighted by Crippen LogP contribution is -1.97. The van der Waals surface area contributed by atoms with Crippen LogP contribution in [0.15, 0.2) is 139 Å². The maximum Gasteiger partial charge on any atom is -0.00196 e. The Labute approximate surface area is 260 Å². The molecule has 0 bridgehead atoms. The van der Waals surface area contributed by atoms with Gasteiger partial charge in [-0.3, -0.25) is 0 Å². The summed E-state index contributed by atoms with van der Waals surface area (Å²) in [6, 6.07) is 42.5. The van der Waals surface area contributed by atoms with Gasteiger partial charge < -0.3 is 0 Å². The van der Waals surface area contributed by atoms with E-state index >= 15 is 0 Å². The lowest BCUT2D eigenvalue weighted by molar-refractivity contribution is 1.15. The van der Waals surface area contributed by atoms with Gasteiger partial charge in [-0.1, -0.05) is 157 Å². The third-order valence-electron chi connectivity index (χ3n) is 7.83. The van der Waals surface area contributed by atoms with Crippen molar-refractivity contribution in [1.82, 2.24) is 0 Å². The molecule has 5 aromatic rings. The summed E-state index contributed by atoms with van der Waals surface area (Å²) in [6.07, 6.45) is 9.38. The van der Waals surface area contributed by atoms with E-state index in [0.29, 0.717) is 0 Å². The molecule has 0 atom stereocenters. The minimum atomic E-state index is 0.928. The third kappa shape index (κ3) is 9.29. The molecule has 0 aliphatic heterocycles. The van der Waals surface area contributed by atoms with E-state index in [-0.39, 0.29) is 0 Å². The molecule has 218 valence electrons. The molecule has 0 fully saturated rings. The molecule has 0 aromatic heterocycles. The Kier molecular flexibility index (Phi) is 11.5. The highest BCUT2D eigenvalue weighted by molar-refractivity contribution is 5.72. The van der Waals surface area contributed by atoms with Crippen LogP contribution in [0.5, 0.6) is 0 Å². The molecule has 0 amide bonds. The summed E-state index contributed by atoms with van der Waals surface area (Å²) in [4.78, 5) is 0. The smallest absolute Gasteiger partial charge is 0.00196 e. The fraction of sp³-hybridized carbons (Fsp3) is 0.209. The maximum atomic E-state index is 2.40. The molecule has 0 spiro atoms. The van der Waals surface area contributed by atoms with Crippen molar-refractivity contribution in [2.75, 3.05) is 0 Å². The van der Waals surface area contributed by atoms with Crippen molar-refractivity contribution in [3.8, 4) is 22.3 Å². The van der Waals surface area contributed by atoms with Gasteiger partial charge in [-0.05, 0) is 104 Å². The number of benzene rings is 5. The summed E-state index contributed by atoms with van der Waals surface area (Å²) in [6.45, 7) is 12.8. The summed E-state index contributed by atoms with van der Waals surface area (Å²) in [7, 11) is 0. The fourth-order valence-electron chi connectivity index (χ4n) is 5.39. The van der Waals surface area contributed by atoms with Gasteiger partial charge in [0, 0.05) is 0 Å². The number of aryl methyl sites for hydroxylation is 3. The minimum Gasteiger partial charge on any atom is -0.0874 e. The number of allylic oxidation sites excluding steroid dienone is 4. The standard InChI is InChI=1S/C35H32.C8H14/c1-25-8-12-29(13-9-25)23-33-21-16-30(24-35(33)34-7-5-4-6-27(34)3)22-28-14-19-32(20-15-28)31-17-10-26(2)11-18-31;1-4-6-8(3)7-5-2/h4-21,24H,22-23H2,1-3H3;4,6-7H,5H2,1-3H3/b;6-4-,8-7-. The van der Waals surface area contributed by atoms with Gasteiger partial charge in [-0.2, -0.15) is 0 Å². The average Bonchev–Trinajstić information content (AvgIpc) is 3.01. The largest absolute Gasteiger partial charge is 0.0874 e. The second-order valence-corrected chi connectivity index (χ2v) is 11.6. The Morgan fingerprint density at radius 1 is 0.581 bits per heavy atom. The van der Waals surface area contributed by atoms with Crippen LogP contribution in [0.1, 0.15) is 66.1 Å². The van der Waals surface area contributed by atoms with Crippen LogP contribution in [-0.4, -0.2) is 0 Å². The molecule has 43 heavy (non-hydrogen) atoms. The summed E-state index contributed by atoms with van der Waals surface area (Å²) in [5.41, 5.74) is 15.9. The first-order valence-electron chi connectivity index (χ1n) is 15.5. The van der Waals surface area contributed by atoms with Gasteiger partial charge >= 0.3 is 0 Å². The van der Waals surface area contributed by atoms with Gasteiger partial charge in [0.25, 0.3) is 0 Å². The fourth-order valence-corrected chi connectivity index (χ4v) is 5.39. The Hall–Kier alpha value is -4.42. The second kappa shape index (κ2) is 15.7. The van der Waals surface area contributed by atoms with Gasteiger partial charge in [0.15, 0.2) is 0 Å². The number of hydrogen-bond donors (Lipinski definition) is 0. The summed E-state index contributed by atoms with van der Waals surface area (Å²) in [5, 5.41) is 0.